The normalized spacial score (nSPS) is 22.5. The van der Waals surface area contributed by atoms with Crippen molar-refractivity contribution in [2.75, 3.05) is 25.1 Å². The summed E-state index contributed by atoms with van der Waals surface area (Å²) in [6, 6.07) is 10.6. The molecule has 2 heterocycles. The Morgan fingerprint density at radius 1 is 0.770 bits per heavy atom. The molecule has 74 heavy (non-hydrogen) atoms. The minimum atomic E-state index is -1.71. The molecule has 4 aromatic rings. The molecule has 0 bridgehead atoms. The first-order chi connectivity index (χ1) is 35.3. The van der Waals surface area contributed by atoms with E-state index in [-0.39, 0.29) is 49.5 Å². The second-order valence-corrected chi connectivity index (χ2v) is 20.7. The predicted molar refractivity (Wildman–Crippen MR) is 280 cm³/mol. The number of rotatable bonds is 17. The van der Waals surface area contributed by atoms with Crippen LogP contribution in [-0.4, -0.2) is 158 Å². The van der Waals surface area contributed by atoms with E-state index in [1.807, 2.05) is 18.2 Å². The number of likely N-dealkylation sites (N-methyl/N-ethyl adjacent to an activating group) is 1. The molecular formula is C50H67N11O11S2. The topological polar surface area (TPSA) is 367 Å². The van der Waals surface area contributed by atoms with Crippen molar-refractivity contribution in [1.82, 2.24) is 41.8 Å². The van der Waals surface area contributed by atoms with Crippen molar-refractivity contribution >= 4 is 79.7 Å². The van der Waals surface area contributed by atoms with Gasteiger partial charge in [-0.05, 0) is 81.0 Å². The molecule has 0 saturated carbocycles. The molecule has 22 nitrogen and oxygen atoms in total. The van der Waals surface area contributed by atoms with E-state index < -0.39 is 108 Å². The quantitative estimate of drug-likeness (QED) is 0.0434. The number of phenols is 1. The van der Waals surface area contributed by atoms with Gasteiger partial charge in [-0.1, -0.05) is 82.3 Å². The maximum Gasteiger partial charge on any atom is 0.248 e. The highest BCUT2D eigenvalue weighted by Crippen LogP contribution is 2.26. The highest BCUT2D eigenvalue weighted by molar-refractivity contribution is 8.76. The number of nitrogens with two attached hydrogens (primary N) is 3. The zero-order valence-electron chi connectivity index (χ0n) is 41.3. The van der Waals surface area contributed by atoms with Gasteiger partial charge in [-0.15, -0.1) is 0 Å². The highest BCUT2D eigenvalue weighted by Gasteiger charge is 2.39. The van der Waals surface area contributed by atoms with E-state index in [0.29, 0.717) is 29.5 Å². The largest absolute Gasteiger partial charge is 0.508 e. The molecule has 0 radical (unpaired) electrons. The van der Waals surface area contributed by atoms with Crippen LogP contribution >= 0.6 is 21.6 Å². The van der Waals surface area contributed by atoms with E-state index in [1.54, 1.807) is 54.7 Å². The fourth-order valence-corrected chi connectivity index (χ4v) is 10.5. The summed E-state index contributed by atoms with van der Waals surface area (Å²) in [5, 5.41) is 47.8. The number of aromatic hydroxyl groups is 1. The number of H-pyrrole nitrogens is 1. The number of aliphatic hydroxyl groups excluding tert-OH is 2. The van der Waals surface area contributed by atoms with Crippen molar-refractivity contribution < 1.29 is 53.7 Å². The average Bonchev–Trinajstić information content (AvgIpc) is 3.78. The standard InChI is InChI=1S/C50H67N11O11S2/c1-27(62)41(43(53)65)59-49(71)40-26-74-73-25-39(58-44(66)34(52)21-30-16-18-32(64)19-17-30)48(70)56-37(22-29-11-5-4-6-12-29)46(68)57-38(23-31-24-54-35-14-8-7-13-33(31)35)47(69)55-36(15-9-10-20-51)45(67)60-42(28(2)63)50(72)61(40)3/h4-8,11-14,16-19,24,27-28,34,36-42,54,62-64H,9-10,15,20-23,25-26,51-52H2,1-3H3,(H2,53,65)(H,55,69)(H,56,70)(H,57,68)(H,58,66)(H,59,71)(H,60,67)/t27?,28-,34+,36+,37?,38-,39+,40?,41+,42?/m1/s1. The molecule has 1 aliphatic rings. The van der Waals surface area contributed by atoms with Gasteiger partial charge >= 0.3 is 0 Å². The van der Waals surface area contributed by atoms with E-state index in [4.69, 9.17) is 17.2 Å². The molecule has 4 unspecified atom stereocenters. The number of fused-ring (bicyclic) bond motifs is 1. The van der Waals surface area contributed by atoms with E-state index in [0.717, 1.165) is 37.4 Å². The van der Waals surface area contributed by atoms with Gasteiger partial charge < -0.3 is 74.3 Å². The monoisotopic (exact) mass is 1060 g/mol. The van der Waals surface area contributed by atoms with Crippen molar-refractivity contribution in [2.24, 2.45) is 17.2 Å². The number of aromatic amines is 1. The first kappa shape index (κ1) is 58.2. The molecule has 8 amide bonds. The highest BCUT2D eigenvalue weighted by atomic mass is 33.1. The molecule has 1 aliphatic heterocycles. The molecule has 1 saturated heterocycles. The summed E-state index contributed by atoms with van der Waals surface area (Å²) in [7, 11) is 3.18. The summed E-state index contributed by atoms with van der Waals surface area (Å²) < 4.78 is 0. The van der Waals surface area contributed by atoms with Gasteiger partial charge in [-0.3, -0.25) is 38.4 Å². The number of nitrogens with zero attached hydrogens (tertiary/aromatic N) is 1. The number of amides is 8. The summed E-state index contributed by atoms with van der Waals surface area (Å²) in [6.07, 6.45) is -0.750. The lowest BCUT2D eigenvalue weighted by Gasteiger charge is -2.33. The van der Waals surface area contributed by atoms with E-state index in [2.05, 4.69) is 36.9 Å². The van der Waals surface area contributed by atoms with Crippen LogP contribution in [-0.2, 0) is 57.6 Å². The number of aromatic nitrogens is 1. The number of unbranched alkanes of at least 4 members (excludes halogenated alkanes) is 1. The minimum absolute atomic E-state index is 0.00300. The van der Waals surface area contributed by atoms with Gasteiger partial charge in [-0.2, -0.15) is 0 Å². The van der Waals surface area contributed by atoms with Crippen LogP contribution in [0.4, 0.5) is 0 Å². The first-order valence-electron chi connectivity index (χ1n) is 24.1. The van der Waals surface area contributed by atoms with Crippen molar-refractivity contribution in [3.05, 3.63) is 102 Å². The van der Waals surface area contributed by atoms with Gasteiger partial charge in [0.05, 0.1) is 18.2 Å². The van der Waals surface area contributed by atoms with Gasteiger partial charge in [0, 0.05) is 48.5 Å². The molecule has 400 valence electrons. The Labute approximate surface area is 436 Å². The van der Waals surface area contributed by atoms with Crippen LogP contribution in [0.15, 0.2) is 85.1 Å². The molecule has 0 spiro atoms. The third-order valence-corrected chi connectivity index (χ3v) is 14.8. The number of carbonyl (C=O) groups excluding carboxylic acids is 8. The molecule has 1 fully saturated rings. The molecule has 0 aliphatic carbocycles. The van der Waals surface area contributed by atoms with Crippen molar-refractivity contribution in [3.8, 4) is 5.75 Å². The summed E-state index contributed by atoms with van der Waals surface area (Å²) >= 11 is 0. The van der Waals surface area contributed by atoms with Gasteiger partial charge in [0.1, 0.15) is 48.0 Å². The number of hydrogen-bond donors (Lipinski definition) is 13. The van der Waals surface area contributed by atoms with Crippen LogP contribution in [0.3, 0.4) is 0 Å². The SMILES string of the molecule is CC(O)[C@H](NC(=O)C1CSSC[C@H](NC(=O)[C@@H](N)Cc2ccc(O)cc2)C(=O)NC(Cc2ccccc2)C(=O)N[C@H](Cc2c[nH]c3ccccc23)C(=O)N[C@@H](CCCCN)C(=O)NC([C@@H](C)O)C(=O)N1C)C(N)=O. The Kier molecular flexibility index (Phi) is 22.1. The zero-order valence-corrected chi connectivity index (χ0v) is 43.0. The molecule has 24 heteroatoms. The number of para-hydroxylation sites is 1. The van der Waals surface area contributed by atoms with Crippen LogP contribution in [0.1, 0.15) is 49.8 Å². The van der Waals surface area contributed by atoms with Crippen LogP contribution in [0.25, 0.3) is 10.9 Å². The number of carbonyl (C=O) groups is 8. The summed E-state index contributed by atoms with van der Waals surface area (Å²) in [5.74, 6) is -7.55. The van der Waals surface area contributed by atoms with E-state index in [9.17, 15) is 53.7 Å². The predicted octanol–water partition coefficient (Wildman–Crippen LogP) is -1.26. The van der Waals surface area contributed by atoms with Crippen molar-refractivity contribution in [3.63, 3.8) is 0 Å². The maximum atomic E-state index is 14.8. The van der Waals surface area contributed by atoms with Gasteiger partial charge in [-0.25, -0.2) is 0 Å². The molecule has 16 N–H and O–H groups in total. The Bertz CT molecular complexity index is 2570. The summed E-state index contributed by atoms with van der Waals surface area (Å²) in [5.41, 5.74) is 20.3. The fourth-order valence-electron chi connectivity index (χ4n) is 8.09. The molecule has 10 atom stereocenters. The third kappa shape index (κ3) is 16.7. The van der Waals surface area contributed by atoms with Crippen molar-refractivity contribution in [2.45, 2.75) is 113 Å². The number of primary amides is 1. The lowest BCUT2D eigenvalue weighted by Crippen LogP contribution is -2.63. The molecular weight excluding hydrogens is 995 g/mol. The lowest BCUT2D eigenvalue weighted by molar-refractivity contribution is -0.144. The first-order valence-corrected chi connectivity index (χ1v) is 26.6. The van der Waals surface area contributed by atoms with Gasteiger partial charge in [0.2, 0.25) is 47.3 Å². The molecule has 1 aromatic heterocycles. The van der Waals surface area contributed by atoms with Crippen LogP contribution in [0.2, 0.25) is 0 Å². The Hall–Kier alpha value is -6.70. The average molecular weight is 1060 g/mol. The summed E-state index contributed by atoms with van der Waals surface area (Å²) in [6.45, 7) is 2.71. The Morgan fingerprint density at radius 3 is 2.03 bits per heavy atom. The maximum absolute atomic E-state index is 14.8. The Morgan fingerprint density at radius 2 is 1.38 bits per heavy atom. The number of aliphatic hydroxyl groups is 2. The smallest absolute Gasteiger partial charge is 0.248 e. The number of nitrogens with one attached hydrogen (secondary N) is 7. The van der Waals surface area contributed by atoms with E-state index >= 15 is 0 Å². The zero-order chi connectivity index (χ0) is 54.1. The minimum Gasteiger partial charge on any atom is -0.508 e. The number of hydrogen-bond acceptors (Lipinski definition) is 15. The van der Waals surface area contributed by atoms with Crippen molar-refractivity contribution in [1.29, 1.82) is 0 Å². The van der Waals surface area contributed by atoms with Crippen LogP contribution in [0, 0.1) is 0 Å². The van der Waals surface area contributed by atoms with Crippen LogP contribution in [0.5, 0.6) is 5.75 Å². The van der Waals surface area contributed by atoms with Gasteiger partial charge in [0.15, 0.2) is 0 Å². The third-order valence-electron chi connectivity index (χ3n) is 12.4. The second kappa shape index (κ2) is 28.1. The molecule has 5 rings (SSSR count). The fraction of sp³-hybridized carbons (Fsp3) is 0.440. The number of benzene rings is 3. The lowest BCUT2D eigenvalue weighted by atomic mass is 10.0. The summed E-state index contributed by atoms with van der Waals surface area (Å²) in [4.78, 5) is 117. The van der Waals surface area contributed by atoms with E-state index in [1.165, 1.54) is 33.0 Å². The van der Waals surface area contributed by atoms with Gasteiger partial charge in [0.25, 0.3) is 0 Å². The number of phenolic OH excluding ortho intramolecular Hbond substituents is 1. The van der Waals surface area contributed by atoms with Crippen LogP contribution < -0.4 is 49.1 Å². The Balaban J connectivity index is 1.59. The molecule has 3 aromatic carbocycles. The second-order valence-electron chi connectivity index (χ2n) is 18.1.